The van der Waals surface area contributed by atoms with Gasteiger partial charge in [0.1, 0.15) is 17.3 Å². The fraction of sp³-hybridized carbons (Fsp3) is 0.250. The number of morpholine rings is 1. The van der Waals surface area contributed by atoms with Gasteiger partial charge in [-0.3, -0.25) is 9.36 Å². The molecule has 0 amide bonds. The summed E-state index contributed by atoms with van der Waals surface area (Å²) in [5.74, 6) is 0.374. The Labute approximate surface area is 217 Å². The Morgan fingerprint density at radius 1 is 1.27 bits per heavy atom. The number of hydrogen-bond donors (Lipinski definition) is 2. The molecule has 0 radical (unpaired) electrons. The van der Waals surface area contributed by atoms with E-state index in [0.717, 1.165) is 34.8 Å². The number of ether oxygens (including phenoxy) is 1. The number of pyridine rings is 1. The van der Waals surface area contributed by atoms with Crippen LogP contribution in [0.3, 0.4) is 0 Å². The van der Waals surface area contributed by atoms with E-state index >= 15 is 0 Å². The molecule has 188 valence electrons. The zero-order valence-electron chi connectivity index (χ0n) is 20.8. The van der Waals surface area contributed by atoms with Gasteiger partial charge in [-0.2, -0.15) is 20.7 Å². The van der Waals surface area contributed by atoms with Crippen LogP contribution in [0.25, 0.3) is 11.0 Å². The molecule has 5 rings (SSSR count). The molecule has 2 N–H and O–H groups in total. The number of nitriles is 1. The maximum Gasteiger partial charge on any atom is 0.270 e. The van der Waals surface area contributed by atoms with Crippen molar-refractivity contribution in [3.63, 3.8) is 0 Å². The average molecular weight is 513 g/mol. The van der Waals surface area contributed by atoms with Gasteiger partial charge in [-0.05, 0) is 48.6 Å². The zero-order valence-corrected chi connectivity index (χ0v) is 21.6. The smallest absolute Gasteiger partial charge is 0.270 e. The Kier molecular flexibility index (Phi) is 7.42. The molecular formula is C28H28N6O2S. The van der Waals surface area contributed by atoms with E-state index in [2.05, 4.69) is 33.3 Å². The van der Waals surface area contributed by atoms with Crippen LogP contribution in [0, 0.1) is 11.3 Å². The van der Waals surface area contributed by atoms with E-state index in [1.54, 1.807) is 16.8 Å². The van der Waals surface area contributed by atoms with Gasteiger partial charge in [-0.25, -0.2) is 4.98 Å². The van der Waals surface area contributed by atoms with E-state index in [1.165, 1.54) is 0 Å². The number of nitrogens with zero attached hydrogens (tertiary/aromatic N) is 4. The summed E-state index contributed by atoms with van der Waals surface area (Å²) < 4.78 is 7.40. The van der Waals surface area contributed by atoms with Crippen molar-refractivity contribution in [1.82, 2.24) is 19.9 Å². The molecule has 4 aromatic rings. The van der Waals surface area contributed by atoms with Gasteiger partial charge in [0.05, 0.1) is 19.3 Å². The number of benzene rings is 2. The molecule has 0 spiro atoms. The minimum atomic E-state index is -0.364. The van der Waals surface area contributed by atoms with Crippen molar-refractivity contribution in [3.8, 4) is 6.07 Å². The molecule has 1 aliphatic rings. The van der Waals surface area contributed by atoms with Gasteiger partial charge in [-0.15, -0.1) is 0 Å². The Morgan fingerprint density at radius 2 is 2.08 bits per heavy atom. The van der Waals surface area contributed by atoms with Crippen LogP contribution >= 0.6 is 10.5 Å². The molecule has 1 saturated heterocycles. The van der Waals surface area contributed by atoms with E-state index in [9.17, 15) is 10.1 Å². The maximum absolute atomic E-state index is 13.3. The second-order valence-corrected chi connectivity index (χ2v) is 10.8. The first-order valence-corrected chi connectivity index (χ1v) is 13.8. The lowest BCUT2D eigenvalue weighted by Crippen LogP contribution is -2.33. The lowest BCUT2D eigenvalue weighted by atomic mass is 10.1. The molecule has 8 nitrogen and oxygen atoms in total. The zero-order chi connectivity index (χ0) is 25.8. The van der Waals surface area contributed by atoms with E-state index in [-0.39, 0.29) is 27.7 Å². The summed E-state index contributed by atoms with van der Waals surface area (Å²) in [4.78, 5) is 23.6. The molecule has 0 bridgehead atoms. The van der Waals surface area contributed by atoms with Gasteiger partial charge < -0.3 is 15.4 Å². The largest absolute Gasteiger partial charge is 0.371 e. The second-order valence-electron chi connectivity index (χ2n) is 8.75. The molecule has 0 aliphatic carbocycles. The van der Waals surface area contributed by atoms with Crippen LogP contribution in [0.4, 0.5) is 11.6 Å². The summed E-state index contributed by atoms with van der Waals surface area (Å²) in [5.41, 5.74) is 3.14. The first-order chi connectivity index (χ1) is 18.1. The van der Waals surface area contributed by atoms with Gasteiger partial charge in [0, 0.05) is 35.3 Å². The first-order valence-electron chi connectivity index (χ1n) is 12.1. The van der Waals surface area contributed by atoms with Crippen molar-refractivity contribution >= 4 is 38.5 Å². The van der Waals surface area contributed by atoms with Crippen LogP contribution in [0.2, 0.25) is 0 Å². The second kappa shape index (κ2) is 11.0. The van der Waals surface area contributed by atoms with Crippen molar-refractivity contribution in [2.75, 3.05) is 31.3 Å². The van der Waals surface area contributed by atoms with Crippen LogP contribution in [0.5, 0.6) is 0 Å². The molecule has 0 saturated carbocycles. The van der Waals surface area contributed by atoms with Crippen molar-refractivity contribution in [2.45, 2.75) is 24.5 Å². The first kappa shape index (κ1) is 24.8. The molecule has 37 heavy (non-hydrogen) atoms. The van der Waals surface area contributed by atoms with Crippen LogP contribution in [0.15, 0.2) is 70.5 Å². The molecule has 2 aromatic heterocycles. The van der Waals surface area contributed by atoms with E-state index in [1.807, 2.05) is 55.5 Å². The summed E-state index contributed by atoms with van der Waals surface area (Å²) in [6.07, 6.45) is 3.84. The van der Waals surface area contributed by atoms with Gasteiger partial charge >= 0.3 is 0 Å². The van der Waals surface area contributed by atoms with Crippen molar-refractivity contribution in [2.24, 2.45) is 0 Å². The fourth-order valence-corrected chi connectivity index (χ4v) is 5.47. The third kappa shape index (κ3) is 5.32. The molecule has 2 aromatic carbocycles. The van der Waals surface area contributed by atoms with Gasteiger partial charge in [-0.1, -0.05) is 35.7 Å². The Morgan fingerprint density at radius 3 is 2.81 bits per heavy atom. The standard InChI is InChI=1S/C28H28N6O2S/c1-3-37(2)25-7-5-4-6-20(25)18-34-26-22(14-21(15-29)27(34)35)16-31-28(33-26)32-23-10-8-19(9-11-23)24-17-30-12-13-36-24/h3-11,14,16,24,30H,12-13,17-18H2,1-2H3,(H,31,32,33). The number of nitrogens with one attached hydrogen (secondary N) is 2. The quantitative estimate of drug-likeness (QED) is 0.373. The molecule has 9 heteroatoms. The highest BCUT2D eigenvalue weighted by Crippen LogP contribution is 2.27. The number of fused-ring (bicyclic) bond motifs is 1. The highest BCUT2D eigenvalue weighted by molar-refractivity contribution is 8.14. The van der Waals surface area contributed by atoms with E-state index in [0.29, 0.717) is 30.1 Å². The lowest BCUT2D eigenvalue weighted by molar-refractivity contribution is 0.0277. The molecule has 2 unspecified atom stereocenters. The molecule has 1 aliphatic heterocycles. The fourth-order valence-electron chi connectivity index (χ4n) is 4.38. The third-order valence-corrected chi connectivity index (χ3v) is 8.21. The highest BCUT2D eigenvalue weighted by Gasteiger charge is 2.16. The number of anilines is 2. The Balaban J connectivity index is 1.50. The highest BCUT2D eigenvalue weighted by atomic mass is 32.2. The van der Waals surface area contributed by atoms with Crippen LogP contribution in [0.1, 0.15) is 29.7 Å². The third-order valence-electron chi connectivity index (χ3n) is 6.42. The monoisotopic (exact) mass is 512 g/mol. The van der Waals surface area contributed by atoms with Crippen LogP contribution in [-0.4, -0.2) is 45.9 Å². The van der Waals surface area contributed by atoms with Crippen molar-refractivity contribution in [1.29, 1.82) is 5.26 Å². The van der Waals surface area contributed by atoms with E-state index in [4.69, 9.17) is 9.72 Å². The summed E-state index contributed by atoms with van der Waals surface area (Å²) in [5, 5.41) is 19.0. The summed E-state index contributed by atoms with van der Waals surface area (Å²) >= 11 is 0. The minimum absolute atomic E-state index is 0.0417. The summed E-state index contributed by atoms with van der Waals surface area (Å²) in [6, 6.07) is 19.6. The topological polar surface area (TPSA) is 105 Å². The number of hydrogen-bond acceptors (Lipinski definition) is 7. The Bertz CT molecular complexity index is 1570. The Hall–Kier alpha value is -3.84. The SMILES string of the molecule is CC=S(C)c1ccccc1Cn1c(=O)c(C#N)cc2cnc(Nc3ccc(C4CNCCO4)cc3)nc21. The summed E-state index contributed by atoms with van der Waals surface area (Å²) in [7, 11) is -0.0715. The molecule has 2 atom stereocenters. The summed E-state index contributed by atoms with van der Waals surface area (Å²) in [6.45, 7) is 4.71. The molecule has 1 fully saturated rings. The molecule has 3 heterocycles. The number of rotatable bonds is 6. The van der Waals surface area contributed by atoms with Crippen LogP contribution < -0.4 is 16.2 Å². The normalized spacial score (nSPS) is 16.4. The predicted molar refractivity (Wildman–Crippen MR) is 149 cm³/mol. The number of aromatic nitrogens is 3. The van der Waals surface area contributed by atoms with Gasteiger partial charge in [0.25, 0.3) is 5.56 Å². The average Bonchev–Trinajstić information content (AvgIpc) is 2.95. The maximum atomic E-state index is 13.3. The van der Waals surface area contributed by atoms with Gasteiger partial charge in [0.2, 0.25) is 5.95 Å². The lowest BCUT2D eigenvalue weighted by Gasteiger charge is -2.24. The van der Waals surface area contributed by atoms with Crippen LogP contribution in [-0.2, 0) is 11.3 Å². The predicted octanol–water partition coefficient (Wildman–Crippen LogP) is 4.20. The minimum Gasteiger partial charge on any atom is -0.371 e. The van der Waals surface area contributed by atoms with Crippen molar-refractivity contribution < 1.29 is 4.74 Å². The van der Waals surface area contributed by atoms with Crippen molar-refractivity contribution in [3.05, 3.63) is 87.8 Å². The molecular weight excluding hydrogens is 484 g/mol. The van der Waals surface area contributed by atoms with E-state index < -0.39 is 0 Å². The van der Waals surface area contributed by atoms with Gasteiger partial charge in [0.15, 0.2) is 0 Å².